The third kappa shape index (κ3) is 3.84. The summed E-state index contributed by atoms with van der Waals surface area (Å²) in [5.41, 5.74) is 3.85. The molecule has 0 aliphatic rings. The lowest BCUT2D eigenvalue weighted by molar-refractivity contribution is -0.129. The zero-order valence-corrected chi connectivity index (χ0v) is 11.9. The third-order valence-corrected chi connectivity index (χ3v) is 3.34. The van der Waals surface area contributed by atoms with Crippen LogP contribution < -0.4 is 5.32 Å². The van der Waals surface area contributed by atoms with Crippen molar-refractivity contribution in [1.29, 1.82) is 0 Å². The van der Waals surface area contributed by atoms with Gasteiger partial charge in [-0.2, -0.15) is 0 Å². The highest BCUT2D eigenvalue weighted by Gasteiger charge is 2.09. The molecule has 0 aliphatic carbocycles. The van der Waals surface area contributed by atoms with Crippen molar-refractivity contribution in [1.82, 2.24) is 10.2 Å². The van der Waals surface area contributed by atoms with Crippen molar-refractivity contribution in [3.8, 4) is 0 Å². The predicted molar refractivity (Wildman–Crippen MR) is 75.6 cm³/mol. The first-order valence-corrected chi connectivity index (χ1v) is 6.63. The Morgan fingerprint density at radius 2 is 1.72 bits per heavy atom. The van der Waals surface area contributed by atoms with Crippen LogP contribution in [0.4, 0.5) is 0 Å². The summed E-state index contributed by atoms with van der Waals surface area (Å²) in [6.07, 6.45) is 0. The highest BCUT2D eigenvalue weighted by atomic mass is 16.2. The van der Waals surface area contributed by atoms with Gasteiger partial charge in [-0.15, -0.1) is 0 Å². The van der Waals surface area contributed by atoms with Gasteiger partial charge in [0.15, 0.2) is 0 Å². The minimum atomic E-state index is 0.172. The lowest BCUT2D eigenvalue weighted by Gasteiger charge is -2.19. The largest absolute Gasteiger partial charge is 0.342 e. The van der Waals surface area contributed by atoms with E-state index in [9.17, 15) is 4.79 Å². The molecule has 0 heterocycles. The van der Waals surface area contributed by atoms with Crippen LogP contribution in [-0.4, -0.2) is 30.4 Å². The number of hydrogen-bond acceptors (Lipinski definition) is 2. The van der Waals surface area contributed by atoms with Crippen LogP contribution in [0.3, 0.4) is 0 Å². The molecule has 1 aromatic rings. The first kappa shape index (κ1) is 14.7. The Morgan fingerprint density at radius 1 is 1.17 bits per heavy atom. The van der Waals surface area contributed by atoms with Crippen LogP contribution in [0.15, 0.2) is 18.2 Å². The molecular formula is C15H24N2O. The predicted octanol–water partition coefficient (Wildman–Crippen LogP) is 2.26. The van der Waals surface area contributed by atoms with Gasteiger partial charge >= 0.3 is 0 Å². The van der Waals surface area contributed by atoms with Crippen LogP contribution in [0.25, 0.3) is 0 Å². The molecule has 0 atom stereocenters. The number of hydrogen-bond donors (Lipinski definition) is 1. The van der Waals surface area contributed by atoms with Gasteiger partial charge in [0.1, 0.15) is 0 Å². The molecule has 1 N–H and O–H groups in total. The lowest BCUT2D eigenvalue weighted by atomic mass is 10.0. The molecule has 0 bridgehead atoms. The molecule has 1 rings (SSSR count). The van der Waals surface area contributed by atoms with Crippen molar-refractivity contribution in [2.75, 3.05) is 19.6 Å². The second-order valence-corrected chi connectivity index (χ2v) is 4.54. The normalized spacial score (nSPS) is 10.4. The molecule has 18 heavy (non-hydrogen) atoms. The Balaban J connectivity index is 2.49. The van der Waals surface area contributed by atoms with Crippen molar-refractivity contribution >= 4 is 5.91 Å². The van der Waals surface area contributed by atoms with E-state index in [1.54, 1.807) is 0 Å². The topological polar surface area (TPSA) is 32.3 Å². The van der Waals surface area contributed by atoms with Gasteiger partial charge in [0, 0.05) is 19.6 Å². The molecule has 100 valence electrons. The van der Waals surface area contributed by atoms with Crippen LogP contribution in [0.1, 0.15) is 30.5 Å². The van der Waals surface area contributed by atoms with E-state index in [2.05, 4.69) is 37.4 Å². The van der Waals surface area contributed by atoms with Gasteiger partial charge in [0.05, 0.1) is 6.54 Å². The molecule has 0 aliphatic heterocycles. The van der Waals surface area contributed by atoms with Gasteiger partial charge in [-0.3, -0.25) is 4.79 Å². The third-order valence-electron chi connectivity index (χ3n) is 3.34. The number of nitrogens with zero attached hydrogens (tertiary/aromatic N) is 1. The first-order chi connectivity index (χ1) is 8.60. The van der Waals surface area contributed by atoms with Crippen molar-refractivity contribution in [2.45, 2.75) is 34.2 Å². The molecule has 0 unspecified atom stereocenters. The molecule has 1 amide bonds. The molecule has 3 heteroatoms. The molecule has 0 fully saturated rings. The van der Waals surface area contributed by atoms with Crippen LogP contribution >= 0.6 is 0 Å². The van der Waals surface area contributed by atoms with Gasteiger partial charge < -0.3 is 10.2 Å². The minimum Gasteiger partial charge on any atom is -0.342 e. The van der Waals surface area contributed by atoms with E-state index >= 15 is 0 Å². The quantitative estimate of drug-likeness (QED) is 0.837. The summed E-state index contributed by atoms with van der Waals surface area (Å²) >= 11 is 0. The highest BCUT2D eigenvalue weighted by Crippen LogP contribution is 2.12. The lowest BCUT2D eigenvalue weighted by Crippen LogP contribution is -2.37. The van der Waals surface area contributed by atoms with E-state index in [0.29, 0.717) is 6.54 Å². The number of carbonyl (C=O) groups is 1. The Kier molecular flexibility index (Phi) is 5.86. The van der Waals surface area contributed by atoms with E-state index in [4.69, 9.17) is 0 Å². The van der Waals surface area contributed by atoms with E-state index in [1.807, 2.05) is 18.7 Å². The first-order valence-electron chi connectivity index (χ1n) is 6.63. The van der Waals surface area contributed by atoms with Crippen molar-refractivity contribution < 1.29 is 4.79 Å². The highest BCUT2D eigenvalue weighted by molar-refractivity contribution is 5.78. The van der Waals surface area contributed by atoms with Gasteiger partial charge in [-0.25, -0.2) is 0 Å². The Hall–Kier alpha value is -1.35. The van der Waals surface area contributed by atoms with Gasteiger partial charge in [-0.1, -0.05) is 18.2 Å². The zero-order chi connectivity index (χ0) is 13.5. The number of amides is 1. The fourth-order valence-corrected chi connectivity index (χ4v) is 2.11. The van der Waals surface area contributed by atoms with Crippen LogP contribution in [-0.2, 0) is 11.3 Å². The van der Waals surface area contributed by atoms with Crippen molar-refractivity contribution in [3.05, 3.63) is 34.9 Å². The summed E-state index contributed by atoms with van der Waals surface area (Å²) in [6.45, 7) is 11.0. The molecule has 1 aromatic carbocycles. The van der Waals surface area contributed by atoms with E-state index in [-0.39, 0.29) is 5.91 Å². The van der Waals surface area contributed by atoms with Crippen LogP contribution in [0.2, 0.25) is 0 Å². The number of benzene rings is 1. The van der Waals surface area contributed by atoms with Crippen molar-refractivity contribution in [2.24, 2.45) is 0 Å². The molecular weight excluding hydrogens is 224 g/mol. The minimum absolute atomic E-state index is 0.172. The number of carbonyl (C=O) groups excluding carboxylic acids is 1. The number of nitrogens with one attached hydrogen (secondary N) is 1. The second kappa shape index (κ2) is 7.17. The van der Waals surface area contributed by atoms with Crippen molar-refractivity contribution in [3.63, 3.8) is 0 Å². The summed E-state index contributed by atoms with van der Waals surface area (Å²) < 4.78 is 0. The summed E-state index contributed by atoms with van der Waals surface area (Å²) in [7, 11) is 0. The maximum absolute atomic E-state index is 11.8. The van der Waals surface area contributed by atoms with Gasteiger partial charge in [0.2, 0.25) is 5.91 Å². The Morgan fingerprint density at radius 3 is 2.22 bits per heavy atom. The molecule has 3 nitrogen and oxygen atoms in total. The average Bonchev–Trinajstić information content (AvgIpc) is 2.34. The molecule has 0 saturated carbocycles. The molecule has 0 spiro atoms. The smallest absolute Gasteiger partial charge is 0.236 e. The maximum Gasteiger partial charge on any atom is 0.236 e. The summed E-state index contributed by atoms with van der Waals surface area (Å²) in [5.74, 6) is 0.172. The van der Waals surface area contributed by atoms with E-state index < -0.39 is 0 Å². The fourth-order valence-electron chi connectivity index (χ4n) is 2.11. The number of rotatable bonds is 6. The Bertz CT molecular complexity index is 377. The maximum atomic E-state index is 11.8. The van der Waals surface area contributed by atoms with E-state index in [0.717, 1.165) is 19.6 Å². The molecule has 0 radical (unpaired) electrons. The van der Waals surface area contributed by atoms with Gasteiger partial charge in [-0.05, 0) is 44.4 Å². The molecule has 0 saturated heterocycles. The van der Waals surface area contributed by atoms with E-state index in [1.165, 1.54) is 16.7 Å². The van der Waals surface area contributed by atoms with Gasteiger partial charge in [0.25, 0.3) is 0 Å². The zero-order valence-electron chi connectivity index (χ0n) is 11.9. The number of aryl methyl sites for hydroxylation is 2. The summed E-state index contributed by atoms with van der Waals surface area (Å²) in [6, 6.07) is 6.28. The summed E-state index contributed by atoms with van der Waals surface area (Å²) in [4.78, 5) is 13.7. The average molecular weight is 248 g/mol. The summed E-state index contributed by atoms with van der Waals surface area (Å²) in [5, 5.41) is 3.24. The Labute approximate surface area is 110 Å². The fraction of sp³-hybridized carbons (Fsp3) is 0.533. The monoisotopic (exact) mass is 248 g/mol. The van der Waals surface area contributed by atoms with Crippen LogP contribution in [0.5, 0.6) is 0 Å². The SMILES string of the molecule is CCN(CC)C(=O)CNCc1c(C)cccc1C. The standard InChI is InChI=1S/C15H24N2O/c1-5-17(6-2)15(18)11-16-10-14-12(3)8-7-9-13(14)4/h7-9,16H,5-6,10-11H2,1-4H3. The van der Waals surface area contributed by atoms with Crippen LogP contribution in [0, 0.1) is 13.8 Å². The second-order valence-electron chi connectivity index (χ2n) is 4.54. The number of likely N-dealkylation sites (N-methyl/N-ethyl adjacent to an activating group) is 1. The molecule has 0 aromatic heterocycles.